The second kappa shape index (κ2) is 6.93. The first-order chi connectivity index (χ1) is 10.1. The van der Waals surface area contributed by atoms with E-state index in [-0.39, 0.29) is 11.1 Å². The SMILES string of the molecule is CN.Nc1nc(-c2n[nH]c(Cl)c2Cl)cc(N2CCCC2)n1. The molecule has 3 rings (SSSR count). The molecule has 0 aliphatic carbocycles. The monoisotopic (exact) mass is 329 g/mol. The molecule has 3 heterocycles. The van der Waals surface area contributed by atoms with Crippen molar-refractivity contribution in [2.45, 2.75) is 12.8 Å². The summed E-state index contributed by atoms with van der Waals surface area (Å²) in [6, 6.07) is 1.83. The lowest BCUT2D eigenvalue weighted by Crippen LogP contribution is -2.19. The summed E-state index contributed by atoms with van der Waals surface area (Å²) < 4.78 is 0. The number of hydrogen-bond acceptors (Lipinski definition) is 6. The number of anilines is 2. The molecule has 0 aromatic carbocycles. The lowest BCUT2D eigenvalue weighted by atomic mass is 10.3. The molecule has 114 valence electrons. The van der Waals surface area contributed by atoms with Gasteiger partial charge in [0.2, 0.25) is 5.95 Å². The van der Waals surface area contributed by atoms with Gasteiger partial charge in [-0.2, -0.15) is 10.1 Å². The molecule has 1 aliphatic heterocycles. The molecule has 1 aliphatic rings. The molecule has 2 aromatic heterocycles. The van der Waals surface area contributed by atoms with Gasteiger partial charge in [-0.1, -0.05) is 23.2 Å². The van der Waals surface area contributed by atoms with Crippen LogP contribution in [0.2, 0.25) is 10.2 Å². The zero-order chi connectivity index (χ0) is 15.4. The lowest BCUT2D eigenvalue weighted by Gasteiger charge is -2.16. The van der Waals surface area contributed by atoms with Crippen molar-refractivity contribution in [3.63, 3.8) is 0 Å². The van der Waals surface area contributed by atoms with E-state index in [1.807, 2.05) is 6.07 Å². The smallest absolute Gasteiger partial charge is 0.222 e. The second-order valence-corrected chi connectivity index (χ2v) is 5.12. The van der Waals surface area contributed by atoms with Crippen LogP contribution >= 0.6 is 23.2 Å². The molecule has 1 saturated heterocycles. The first kappa shape index (κ1) is 15.8. The Morgan fingerprint density at radius 3 is 2.43 bits per heavy atom. The summed E-state index contributed by atoms with van der Waals surface area (Å²) in [4.78, 5) is 10.6. The van der Waals surface area contributed by atoms with Gasteiger partial charge in [0, 0.05) is 19.2 Å². The van der Waals surface area contributed by atoms with Crippen LogP contribution in [0.4, 0.5) is 11.8 Å². The van der Waals surface area contributed by atoms with Crippen LogP contribution in [-0.2, 0) is 0 Å². The van der Waals surface area contributed by atoms with E-state index in [0.717, 1.165) is 31.7 Å². The number of H-pyrrole nitrogens is 1. The molecule has 21 heavy (non-hydrogen) atoms. The molecule has 0 saturated carbocycles. The molecular formula is C12H17Cl2N7. The van der Waals surface area contributed by atoms with Crippen LogP contribution in [0.3, 0.4) is 0 Å². The maximum Gasteiger partial charge on any atom is 0.222 e. The quantitative estimate of drug-likeness (QED) is 0.776. The van der Waals surface area contributed by atoms with Crippen molar-refractivity contribution in [3.05, 3.63) is 16.2 Å². The first-order valence-corrected chi connectivity index (χ1v) is 7.27. The summed E-state index contributed by atoms with van der Waals surface area (Å²) in [6.45, 7) is 1.95. The second-order valence-electron chi connectivity index (χ2n) is 4.36. The number of hydrogen-bond donors (Lipinski definition) is 3. The molecule has 5 N–H and O–H groups in total. The van der Waals surface area contributed by atoms with E-state index in [9.17, 15) is 0 Å². The lowest BCUT2D eigenvalue weighted by molar-refractivity contribution is 0.931. The van der Waals surface area contributed by atoms with Crippen LogP contribution in [-0.4, -0.2) is 40.3 Å². The van der Waals surface area contributed by atoms with Crippen LogP contribution in [0.25, 0.3) is 11.4 Å². The molecular weight excluding hydrogens is 313 g/mol. The average Bonchev–Trinajstić information content (AvgIpc) is 3.12. The molecule has 0 bridgehead atoms. The fourth-order valence-electron chi connectivity index (χ4n) is 2.16. The Kier molecular flexibility index (Phi) is 5.22. The molecule has 0 unspecified atom stereocenters. The van der Waals surface area contributed by atoms with E-state index < -0.39 is 0 Å². The Balaban J connectivity index is 0.000000774. The number of aromatic amines is 1. The van der Waals surface area contributed by atoms with Crippen LogP contribution in [0.15, 0.2) is 6.07 Å². The Morgan fingerprint density at radius 1 is 1.19 bits per heavy atom. The molecule has 9 heteroatoms. The molecule has 0 amide bonds. The van der Waals surface area contributed by atoms with E-state index in [1.54, 1.807) is 0 Å². The molecule has 0 radical (unpaired) electrons. The van der Waals surface area contributed by atoms with Crippen molar-refractivity contribution < 1.29 is 0 Å². The van der Waals surface area contributed by atoms with Crippen molar-refractivity contribution in [2.75, 3.05) is 30.8 Å². The van der Waals surface area contributed by atoms with E-state index >= 15 is 0 Å². The third kappa shape index (κ3) is 3.37. The predicted octanol–water partition coefficient (Wildman–Crippen LogP) is 1.93. The van der Waals surface area contributed by atoms with E-state index in [4.69, 9.17) is 28.9 Å². The number of nitrogens with zero attached hydrogens (tertiary/aromatic N) is 4. The molecule has 0 atom stereocenters. The maximum atomic E-state index is 6.07. The minimum absolute atomic E-state index is 0.203. The van der Waals surface area contributed by atoms with Gasteiger partial charge in [-0.3, -0.25) is 5.10 Å². The highest BCUT2D eigenvalue weighted by atomic mass is 35.5. The van der Waals surface area contributed by atoms with Crippen molar-refractivity contribution in [1.29, 1.82) is 0 Å². The fraction of sp³-hybridized carbons (Fsp3) is 0.417. The maximum absolute atomic E-state index is 6.07. The van der Waals surface area contributed by atoms with Crippen molar-refractivity contribution in [2.24, 2.45) is 5.73 Å². The first-order valence-electron chi connectivity index (χ1n) is 6.52. The van der Waals surface area contributed by atoms with Crippen LogP contribution in [0, 0.1) is 0 Å². The van der Waals surface area contributed by atoms with E-state index in [0.29, 0.717) is 16.4 Å². The van der Waals surface area contributed by atoms with Gasteiger partial charge in [0.1, 0.15) is 21.7 Å². The highest BCUT2D eigenvalue weighted by Crippen LogP contribution is 2.32. The van der Waals surface area contributed by atoms with Gasteiger partial charge in [0.25, 0.3) is 0 Å². The van der Waals surface area contributed by atoms with Crippen molar-refractivity contribution >= 4 is 35.0 Å². The van der Waals surface area contributed by atoms with E-state index in [1.165, 1.54) is 7.05 Å². The molecule has 1 fully saturated rings. The van der Waals surface area contributed by atoms with Crippen LogP contribution in [0.1, 0.15) is 12.8 Å². The predicted molar refractivity (Wildman–Crippen MR) is 85.6 cm³/mol. The van der Waals surface area contributed by atoms with E-state index in [2.05, 4.69) is 30.8 Å². The minimum atomic E-state index is 0.203. The highest BCUT2D eigenvalue weighted by Gasteiger charge is 2.18. The number of nitrogens with two attached hydrogens (primary N) is 2. The third-order valence-electron chi connectivity index (χ3n) is 3.07. The van der Waals surface area contributed by atoms with Gasteiger partial charge in [-0.25, -0.2) is 4.98 Å². The Morgan fingerprint density at radius 2 is 1.86 bits per heavy atom. The van der Waals surface area contributed by atoms with Gasteiger partial charge in [0.05, 0.1) is 5.69 Å². The number of nitrogens with one attached hydrogen (secondary N) is 1. The standard InChI is InChI=1S/C11H12Cl2N6.CH5N/c12-8-9(17-18-10(8)13)6-5-7(16-11(14)15-6)19-3-1-2-4-19;1-2/h5H,1-4H2,(H,17,18)(H2,14,15,16);2H2,1H3. The summed E-state index contributed by atoms with van der Waals surface area (Å²) in [5.41, 5.74) is 11.3. The van der Waals surface area contributed by atoms with Gasteiger partial charge >= 0.3 is 0 Å². The molecule has 2 aromatic rings. The summed E-state index contributed by atoms with van der Waals surface area (Å²) in [5, 5.41) is 7.28. The van der Waals surface area contributed by atoms with Gasteiger partial charge < -0.3 is 16.4 Å². The number of rotatable bonds is 2. The normalized spacial score (nSPS) is 14.0. The summed E-state index contributed by atoms with van der Waals surface area (Å²) >= 11 is 11.9. The summed E-state index contributed by atoms with van der Waals surface area (Å²) in [5.74, 6) is 1.00. The van der Waals surface area contributed by atoms with Gasteiger partial charge in [-0.05, 0) is 19.9 Å². The zero-order valence-electron chi connectivity index (χ0n) is 11.6. The topological polar surface area (TPSA) is 110 Å². The molecule has 0 spiro atoms. The van der Waals surface area contributed by atoms with Crippen molar-refractivity contribution in [1.82, 2.24) is 20.2 Å². The fourth-order valence-corrected chi connectivity index (χ4v) is 2.47. The minimum Gasteiger partial charge on any atom is -0.368 e. The molecule has 7 nitrogen and oxygen atoms in total. The average molecular weight is 330 g/mol. The number of halogens is 2. The highest BCUT2D eigenvalue weighted by molar-refractivity contribution is 6.42. The summed E-state index contributed by atoms with van der Waals surface area (Å²) in [6.07, 6.45) is 2.32. The Hall–Kier alpha value is -1.57. The van der Waals surface area contributed by atoms with Crippen LogP contribution in [0.5, 0.6) is 0 Å². The van der Waals surface area contributed by atoms with Gasteiger partial charge in [0.15, 0.2) is 0 Å². The Bertz CT molecular complexity index is 608. The number of aromatic nitrogens is 4. The largest absolute Gasteiger partial charge is 0.368 e. The number of nitrogen functional groups attached to an aromatic ring is 1. The van der Waals surface area contributed by atoms with Crippen LogP contribution < -0.4 is 16.4 Å². The third-order valence-corrected chi connectivity index (χ3v) is 3.81. The van der Waals surface area contributed by atoms with Gasteiger partial charge in [-0.15, -0.1) is 0 Å². The zero-order valence-corrected chi connectivity index (χ0v) is 13.1. The van der Waals surface area contributed by atoms with Crippen molar-refractivity contribution in [3.8, 4) is 11.4 Å². The summed E-state index contributed by atoms with van der Waals surface area (Å²) in [7, 11) is 1.50. The Labute approximate surface area is 132 Å².